The summed E-state index contributed by atoms with van der Waals surface area (Å²) in [6.07, 6.45) is -4.76. The van der Waals surface area contributed by atoms with Crippen LogP contribution in [0.2, 0.25) is 0 Å². The zero-order valence-electron chi connectivity index (χ0n) is 19.0. The van der Waals surface area contributed by atoms with E-state index in [1.807, 2.05) is 17.0 Å². The van der Waals surface area contributed by atoms with Crippen LogP contribution in [0.1, 0.15) is 29.4 Å². The molecule has 2 aromatic carbocycles. The number of β-amino-alcohol motifs (C(OH)–C–C–N with tert-alkyl or cyclic N) is 1. The smallest absolute Gasteiger partial charge is 0.406 e. The van der Waals surface area contributed by atoms with Gasteiger partial charge < -0.3 is 25.4 Å². The van der Waals surface area contributed by atoms with E-state index in [1.165, 1.54) is 37.0 Å². The maximum Gasteiger partial charge on any atom is 0.573 e. The average Bonchev–Trinajstić information content (AvgIpc) is 3.21. The summed E-state index contributed by atoms with van der Waals surface area (Å²) in [6, 6.07) is 11.1. The van der Waals surface area contributed by atoms with Gasteiger partial charge in [-0.2, -0.15) is 0 Å². The highest BCUT2D eigenvalue weighted by atomic mass is 32.2. The normalized spacial score (nSPS) is 20.0. The van der Waals surface area contributed by atoms with Crippen molar-refractivity contribution >= 4 is 29.3 Å². The summed E-state index contributed by atoms with van der Waals surface area (Å²) in [5.41, 5.74) is 1.72. The van der Waals surface area contributed by atoms with Crippen LogP contribution in [0.4, 0.5) is 18.9 Å². The number of thioether (sulfide) groups is 1. The Morgan fingerprint density at radius 1 is 1.29 bits per heavy atom. The van der Waals surface area contributed by atoms with Crippen molar-refractivity contribution in [2.45, 2.75) is 35.6 Å². The number of likely N-dealkylation sites (tertiary alicyclic amines) is 1. The summed E-state index contributed by atoms with van der Waals surface area (Å²) >= 11 is 1.40. The molecule has 3 N–H and O–H groups in total. The van der Waals surface area contributed by atoms with Gasteiger partial charge in [-0.3, -0.25) is 9.59 Å². The first-order valence-electron chi connectivity index (χ1n) is 11.2. The molecule has 2 heterocycles. The van der Waals surface area contributed by atoms with Crippen LogP contribution in [0.25, 0.3) is 0 Å². The minimum Gasteiger partial charge on any atom is -0.406 e. The highest BCUT2D eigenvalue weighted by Crippen LogP contribution is 2.40. The van der Waals surface area contributed by atoms with E-state index in [9.17, 15) is 27.9 Å². The molecule has 0 bridgehead atoms. The third kappa shape index (κ3) is 6.28. The zero-order chi connectivity index (χ0) is 25.2. The fourth-order valence-corrected chi connectivity index (χ4v) is 5.41. The molecule has 35 heavy (non-hydrogen) atoms. The summed E-state index contributed by atoms with van der Waals surface area (Å²) in [7, 11) is 1.51. The second-order valence-electron chi connectivity index (χ2n) is 8.61. The van der Waals surface area contributed by atoms with E-state index < -0.39 is 24.3 Å². The van der Waals surface area contributed by atoms with Gasteiger partial charge in [0.2, 0.25) is 11.8 Å². The Labute approximate surface area is 205 Å². The Morgan fingerprint density at radius 2 is 2.09 bits per heavy atom. The maximum atomic E-state index is 13.2. The van der Waals surface area contributed by atoms with E-state index in [0.717, 1.165) is 4.90 Å². The largest absolute Gasteiger partial charge is 0.573 e. The molecule has 2 aromatic rings. The number of ether oxygens (including phenoxy) is 1. The van der Waals surface area contributed by atoms with Crippen LogP contribution >= 0.6 is 11.8 Å². The lowest BCUT2D eigenvalue weighted by molar-refractivity contribution is -0.274. The van der Waals surface area contributed by atoms with Crippen molar-refractivity contribution in [1.82, 2.24) is 10.2 Å². The van der Waals surface area contributed by atoms with Crippen LogP contribution in [-0.4, -0.2) is 66.7 Å². The average molecular weight is 510 g/mol. The zero-order valence-corrected chi connectivity index (χ0v) is 19.8. The SMILES string of the molecule is CNC(=O)C(c1ccc2c(c1)NC(=O)CS2)[C@H](CN1CC[C@H](O)C1)c1cccc(OC(F)(F)F)c1. The molecule has 2 aliphatic heterocycles. The molecule has 1 saturated heterocycles. The number of alkyl halides is 3. The number of benzene rings is 2. The summed E-state index contributed by atoms with van der Waals surface area (Å²) in [5, 5.41) is 15.5. The highest BCUT2D eigenvalue weighted by Gasteiger charge is 2.36. The van der Waals surface area contributed by atoms with E-state index in [0.29, 0.717) is 48.6 Å². The molecular weight excluding hydrogens is 483 g/mol. The molecule has 0 spiro atoms. The minimum absolute atomic E-state index is 0.143. The van der Waals surface area contributed by atoms with Crippen LogP contribution in [0, 0.1) is 0 Å². The van der Waals surface area contributed by atoms with Gasteiger partial charge in [0, 0.05) is 37.5 Å². The van der Waals surface area contributed by atoms with Gasteiger partial charge in [0.1, 0.15) is 5.75 Å². The Bertz CT molecular complexity index is 1100. The van der Waals surface area contributed by atoms with Crippen LogP contribution < -0.4 is 15.4 Å². The van der Waals surface area contributed by atoms with Crippen molar-refractivity contribution in [3.63, 3.8) is 0 Å². The number of aliphatic hydroxyl groups is 1. The Kier molecular flexibility index (Phi) is 7.58. The monoisotopic (exact) mass is 509 g/mol. The Balaban J connectivity index is 1.76. The number of anilines is 1. The van der Waals surface area contributed by atoms with Gasteiger partial charge in [-0.25, -0.2) is 0 Å². The summed E-state index contributed by atoms with van der Waals surface area (Å²) < 4.78 is 42.8. The topological polar surface area (TPSA) is 90.9 Å². The molecule has 188 valence electrons. The molecule has 11 heteroatoms. The molecule has 7 nitrogen and oxygen atoms in total. The molecule has 2 aliphatic rings. The van der Waals surface area contributed by atoms with Crippen molar-refractivity contribution in [3.8, 4) is 5.75 Å². The molecule has 0 radical (unpaired) electrons. The van der Waals surface area contributed by atoms with Crippen LogP contribution in [0.3, 0.4) is 0 Å². The van der Waals surface area contributed by atoms with Gasteiger partial charge in [-0.1, -0.05) is 18.2 Å². The maximum absolute atomic E-state index is 13.2. The van der Waals surface area contributed by atoms with Gasteiger partial charge in [-0.15, -0.1) is 24.9 Å². The molecule has 0 saturated carbocycles. The van der Waals surface area contributed by atoms with Crippen molar-refractivity contribution < 1.29 is 32.6 Å². The van der Waals surface area contributed by atoms with Crippen molar-refractivity contribution in [3.05, 3.63) is 53.6 Å². The van der Waals surface area contributed by atoms with Gasteiger partial charge in [0.05, 0.1) is 23.5 Å². The molecule has 0 aromatic heterocycles. The van der Waals surface area contributed by atoms with E-state index in [4.69, 9.17) is 0 Å². The quantitative estimate of drug-likeness (QED) is 0.531. The van der Waals surface area contributed by atoms with Crippen molar-refractivity contribution in [2.75, 3.05) is 37.8 Å². The third-order valence-corrected chi connectivity index (χ3v) is 7.22. The first kappa shape index (κ1) is 25.3. The minimum atomic E-state index is -4.85. The number of likely N-dealkylation sites (N-methyl/N-ethyl adjacent to an activating group) is 1. The molecule has 0 aliphatic carbocycles. The molecular formula is C24H26F3N3O4S. The summed E-state index contributed by atoms with van der Waals surface area (Å²) in [5.74, 6) is -1.85. The first-order valence-corrected chi connectivity index (χ1v) is 12.2. The number of aliphatic hydroxyl groups excluding tert-OH is 1. The van der Waals surface area contributed by atoms with Crippen LogP contribution in [-0.2, 0) is 9.59 Å². The number of nitrogens with one attached hydrogen (secondary N) is 2. The number of amides is 2. The molecule has 1 unspecified atom stereocenters. The molecule has 4 rings (SSSR count). The number of hydrogen-bond acceptors (Lipinski definition) is 6. The van der Waals surface area contributed by atoms with Gasteiger partial charge in [0.15, 0.2) is 0 Å². The van der Waals surface area contributed by atoms with Crippen LogP contribution in [0.5, 0.6) is 5.75 Å². The highest BCUT2D eigenvalue weighted by molar-refractivity contribution is 8.00. The lowest BCUT2D eigenvalue weighted by Gasteiger charge is -2.31. The lowest BCUT2D eigenvalue weighted by Crippen LogP contribution is -2.36. The number of halogens is 3. The van der Waals surface area contributed by atoms with E-state index in [2.05, 4.69) is 15.4 Å². The predicted octanol–water partition coefficient (Wildman–Crippen LogP) is 3.31. The number of hydrogen-bond donors (Lipinski definition) is 3. The number of rotatable bonds is 7. The van der Waals surface area contributed by atoms with Crippen molar-refractivity contribution in [2.24, 2.45) is 0 Å². The molecule has 3 atom stereocenters. The standard InChI is InChI=1S/C24H26F3N3O4S/c1-28-23(33)22(15-5-6-20-19(10-15)29-21(32)13-35-20)18(12-30-8-7-16(31)11-30)14-3-2-4-17(9-14)34-24(25,26)27/h2-6,9-10,16,18,22,31H,7-8,11-13H2,1H3,(H,28,33)(H,29,32)/t16-,18+,22?/m0/s1. The Hall–Kier alpha value is -2.76. The van der Waals surface area contributed by atoms with Gasteiger partial charge in [0.25, 0.3) is 0 Å². The number of carbonyl (C=O) groups is 2. The molecule has 1 fully saturated rings. The number of carbonyl (C=O) groups excluding carboxylic acids is 2. The second kappa shape index (κ2) is 10.5. The Morgan fingerprint density at radius 3 is 2.77 bits per heavy atom. The summed E-state index contributed by atoms with van der Waals surface area (Å²) in [6.45, 7) is 1.35. The fraction of sp³-hybridized carbons (Fsp3) is 0.417. The van der Waals surface area contributed by atoms with E-state index >= 15 is 0 Å². The van der Waals surface area contributed by atoms with E-state index in [-0.39, 0.29) is 17.6 Å². The lowest BCUT2D eigenvalue weighted by atomic mass is 9.80. The first-order chi connectivity index (χ1) is 16.6. The van der Waals surface area contributed by atoms with Crippen LogP contribution in [0.15, 0.2) is 47.4 Å². The number of nitrogens with zero attached hydrogens (tertiary/aromatic N) is 1. The molecule has 2 amide bonds. The van der Waals surface area contributed by atoms with E-state index in [1.54, 1.807) is 12.1 Å². The second-order valence-corrected chi connectivity index (χ2v) is 9.63. The summed E-state index contributed by atoms with van der Waals surface area (Å²) in [4.78, 5) is 28.0. The van der Waals surface area contributed by atoms with Gasteiger partial charge in [-0.05, 0) is 41.8 Å². The predicted molar refractivity (Wildman–Crippen MR) is 126 cm³/mol. The van der Waals surface area contributed by atoms with Crippen molar-refractivity contribution in [1.29, 1.82) is 0 Å². The van der Waals surface area contributed by atoms with Gasteiger partial charge >= 0.3 is 6.36 Å². The third-order valence-electron chi connectivity index (χ3n) is 6.15. The fourth-order valence-electron chi connectivity index (χ4n) is 4.62. The number of fused-ring (bicyclic) bond motifs is 1.